The molecular formula is C41H35Br. The molecule has 0 amide bonds. The molecule has 206 valence electrons. The average molecular weight is 608 g/mol. The van der Waals surface area contributed by atoms with Gasteiger partial charge in [0, 0.05) is 4.47 Å². The molecule has 8 rings (SSSR count). The minimum Gasteiger partial charge on any atom is -0.0619 e. The second-order valence-corrected chi connectivity index (χ2v) is 15.2. The maximum atomic E-state index is 3.89. The van der Waals surface area contributed by atoms with Gasteiger partial charge in [-0.25, -0.2) is 0 Å². The van der Waals surface area contributed by atoms with Crippen LogP contribution < -0.4 is 0 Å². The van der Waals surface area contributed by atoms with Crippen LogP contribution in [0.5, 0.6) is 0 Å². The minimum atomic E-state index is -0.432. The molecule has 6 aromatic carbocycles. The van der Waals surface area contributed by atoms with E-state index in [1.807, 2.05) is 0 Å². The van der Waals surface area contributed by atoms with Crippen molar-refractivity contribution in [1.82, 2.24) is 0 Å². The van der Waals surface area contributed by atoms with Gasteiger partial charge >= 0.3 is 0 Å². The Morgan fingerprint density at radius 3 is 1.88 bits per heavy atom. The van der Waals surface area contributed by atoms with Gasteiger partial charge in [0.2, 0.25) is 0 Å². The van der Waals surface area contributed by atoms with Crippen molar-refractivity contribution in [3.63, 3.8) is 0 Å². The first-order valence-corrected chi connectivity index (χ1v) is 15.9. The van der Waals surface area contributed by atoms with Crippen molar-refractivity contribution < 1.29 is 0 Å². The van der Waals surface area contributed by atoms with Gasteiger partial charge in [-0.3, -0.25) is 0 Å². The Bertz CT molecular complexity index is 2120. The second kappa shape index (κ2) is 8.45. The van der Waals surface area contributed by atoms with Crippen LogP contribution in [0.2, 0.25) is 0 Å². The predicted molar refractivity (Wildman–Crippen MR) is 183 cm³/mol. The van der Waals surface area contributed by atoms with Gasteiger partial charge in [0.25, 0.3) is 0 Å². The van der Waals surface area contributed by atoms with Crippen LogP contribution in [0.25, 0.3) is 43.8 Å². The standard InChI is InChI=1S/C41H35Br/c1-39(2,3)31-20-21-33-38-29(31)15-11-16-30(38)37-28-14-8-7-13-26(28)34(40(4,5)6)23-36(37)41(33)32-17-10-9-12-25(32)27-19-18-24(42)22-35(27)41/h7-23H,1-6H3. The molecule has 42 heavy (non-hydrogen) atoms. The lowest BCUT2D eigenvalue weighted by atomic mass is 9.59. The van der Waals surface area contributed by atoms with Gasteiger partial charge in [0.15, 0.2) is 0 Å². The first-order valence-electron chi connectivity index (χ1n) is 15.1. The van der Waals surface area contributed by atoms with Crippen LogP contribution in [0.1, 0.15) is 74.9 Å². The molecule has 0 fully saturated rings. The highest BCUT2D eigenvalue weighted by Gasteiger charge is 2.51. The van der Waals surface area contributed by atoms with Crippen LogP contribution in [-0.2, 0) is 16.2 Å². The third-order valence-electron chi connectivity index (χ3n) is 9.79. The summed E-state index contributed by atoms with van der Waals surface area (Å²) in [6, 6.07) is 39.6. The molecular weight excluding hydrogens is 572 g/mol. The Hall–Kier alpha value is -3.68. The Labute approximate surface area is 257 Å². The van der Waals surface area contributed by atoms with E-state index < -0.39 is 5.41 Å². The molecule has 0 aromatic heterocycles. The SMILES string of the molecule is CC(C)(C)c1cc2c(c3ccccc13)-c1cccc3c(C(C)(C)C)ccc(c13)C21c2ccccc2-c2ccc(Br)cc21. The summed E-state index contributed by atoms with van der Waals surface area (Å²) < 4.78 is 1.12. The first-order chi connectivity index (χ1) is 20.0. The fourth-order valence-corrected chi connectivity index (χ4v) is 8.50. The molecule has 0 nitrogen and oxygen atoms in total. The molecule has 0 radical (unpaired) electrons. The number of fused-ring (bicyclic) bond motifs is 11. The van der Waals surface area contributed by atoms with Crippen molar-refractivity contribution in [2.24, 2.45) is 0 Å². The molecule has 0 saturated heterocycles. The Kier molecular flexibility index (Phi) is 5.23. The second-order valence-electron chi connectivity index (χ2n) is 14.3. The van der Waals surface area contributed by atoms with Gasteiger partial charge in [0.1, 0.15) is 0 Å². The van der Waals surface area contributed by atoms with Crippen molar-refractivity contribution >= 4 is 37.5 Å². The van der Waals surface area contributed by atoms with E-state index >= 15 is 0 Å². The fourth-order valence-electron chi connectivity index (χ4n) is 8.14. The van der Waals surface area contributed by atoms with Gasteiger partial charge in [-0.15, -0.1) is 0 Å². The zero-order valence-electron chi connectivity index (χ0n) is 25.2. The third-order valence-corrected chi connectivity index (χ3v) is 10.3. The van der Waals surface area contributed by atoms with Crippen molar-refractivity contribution in [3.05, 3.63) is 141 Å². The molecule has 0 bridgehead atoms. The summed E-state index contributed by atoms with van der Waals surface area (Å²) in [7, 11) is 0. The smallest absolute Gasteiger partial charge is 0.0619 e. The van der Waals surface area contributed by atoms with Crippen molar-refractivity contribution in [2.75, 3.05) is 0 Å². The van der Waals surface area contributed by atoms with Gasteiger partial charge in [-0.1, -0.05) is 148 Å². The fraction of sp³-hybridized carbons (Fsp3) is 0.220. The Morgan fingerprint density at radius 2 is 1.12 bits per heavy atom. The lowest BCUT2D eigenvalue weighted by Gasteiger charge is -2.42. The van der Waals surface area contributed by atoms with E-state index in [1.165, 1.54) is 77.2 Å². The van der Waals surface area contributed by atoms with Crippen LogP contribution >= 0.6 is 15.9 Å². The largest absolute Gasteiger partial charge is 0.0726 e. The number of hydrogen-bond acceptors (Lipinski definition) is 0. The van der Waals surface area contributed by atoms with E-state index in [0.717, 1.165) is 4.47 Å². The molecule has 1 unspecified atom stereocenters. The van der Waals surface area contributed by atoms with Crippen LogP contribution in [-0.4, -0.2) is 0 Å². The number of hydrogen-bond donors (Lipinski definition) is 0. The van der Waals surface area contributed by atoms with E-state index in [4.69, 9.17) is 0 Å². The summed E-state index contributed by atoms with van der Waals surface area (Å²) >= 11 is 3.89. The summed E-state index contributed by atoms with van der Waals surface area (Å²) in [5.74, 6) is 0. The quantitative estimate of drug-likeness (QED) is 0.161. The monoisotopic (exact) mass is 606 g/mol. The van der Waals surface area contributed by atoms with Crippen molar-refractivity contribution in [1.29, 1.82) is 0 Å². The topological polar surface area (TPSA) is 0 Å². The van der Waals surface area contributed by atoms with Crippen LogP contribution in [0.15, 0.2) is 108 Å². The maximum absolute atomic E-state index is 3.89. The van der Waals surface area contributed by atoms with E-state index in [9.17, 15) is 0 Å². The van der Waals surface area contributed by atoms with Gasteiger partial charge in [-0.2, -0.15) is 0 Å². The first kappa shape index (κ1) is 26.0. The lowest BCUT2D eigenvalue weighted by molar-refractivity contribution is 0.592. The Morgan fingerprint density at radius 1 is 0.476 bits per heavy atom. The molecule has 1 heteroatoms. The third kappa shape index (κ3) is 3.24. The zero-order chi connectivity index (χ0) is 29.2. The summed E-state index contributed by atoms with van der Waals surface area (Å²) in [5.41, 5.74) is 13.3. The van der Waals surface area contributed by atoms with Crippen LogP contribution in [0, 0.1) is 0 Å². The summed E-state index contributed by atoms with van der Waals surface area (Å²) in [6.07, 6.45) is 0. The average Bonchev–Trinajstić information content (AvgIpc) is 3.23. The molecule has 0 heterocycles. The van der Waals surface area contributed by atoms with Crippen molar-refractivity contribution in [3.8, 4) is 22.3 Å². The molecule has 1 spiro atoms. The molecule has 2 aliphatic rings. The predicted octanol–water partition coefficient (Wildman–Crippen LogP) is 11.7. The summed E-state index contributed by atoms with van der Waals surface area (Å²) in [5, 5.41) is 5.47. The van der Waals surface area contributed by atoms with Crippen molar-refractivity contribution in [2.45, 2.75) is 57.8 Å². The highest BCUT2D eigenvalue weighted by atomic mass is 79.9. The normalized spacial score (nSPS) is 17.0. The molecule has 1 atom stereocenters. The van der Waals surface area contributed by atoms with Crippen LogP contribution in [0.3, 0.4) is 0 Å². The van der Waals surface area contributed by atoms with Crippen LogP contribution in [0.4, 0.5) is 0 Å². The van der Waals surface area contributed by atoms with Gasteiger partial charge in [0.05, 0.1) is 5.41 Å². The Balaban J connectivity index is 1.70. The zero-order valence-corrected chi connectivity index (χ0v) is 26.8. The molecule has 0 aliphatic heterocycles. The lowest BCUT2D eigenvalue weighted by Crippen LogP contribution is -2.33. The molecule has 6 aromatic rings. The van der Waals surface area contributed by atoms with E-state index in [2.05, 4.69) is 161 Å². The summed E-state index contributed by atoms with van der Waals surface area (Å²) in [6.45, 7) is 14.1. The van der Waals surface area contributed by atoms with E-state index in [0.29, 0.717) is 0 Å². The highest BCUT2D eigenvalue weighted by Crippen LogP contribution is 2.63. The number of halogens is 1. The molecule has 2 aliphatic carbocycles. The van der Waals surface area contributed by atoms with Gasteiger partial charge in [-0.05, 0) is 100 Å². The number of benzene rings is 6. The summed E-state index contributed by atoms with van der Waals surface area (Å²) in [4.78, 5) is 0. The minimum absolute atomic E-state index is 0.0174. The molecule has 0 N–H and O–H groups in total. The maximum Gasteiger partial charge on any atom is 0.0726 e. The van der Waals surface area contributed by atoms with E-state index in [-0.39, 0.29) is 10.8 Å². The number of rotatable bonds is 0. The molecule has 0 saturated carbocycles. The van der Waals surface area contributed by atoms with Gasteiger partial charge < -0.3 is 0 Å². The van der Waals surface area contributed by atoms with E-state index in [1.54, 1.807) is 0 Å². The highest BCUT2D eigenvalue weighted by molar-refractivity contribution is 9.10.